The largest absolute Gasteiger partial charge is 0.347 e. The number of hydrogen-bond donors (Lipinski definition) is 1. The monoisotopic (exact) mass is 258 g/mol. The molecule has 1 aromatic heterocycles. The average Bonchev–Trinajstić information content (AvgIpc) is 2.79. The summed E-state index contributed by atoms with van der Waals surface area (Å²) in [4.78, 5) is 17.2. The van der Waals surface area contributed by atoms with Crippen LogP contribution in [0.5, 0.6) is 0 Å². The van der Waals surface area contributed by atoms with E-state index in [0.717, 1.165) is 15.4 Å². The number of nitrogens with zero attached hydrogens (tertiary/aromatic N) is 1. The highest BCUT2D eigenvalue weighted by Crippen LogP contribution is 2.29. The van der Waals surface area contributed by atoms with Gasteiger partial charge < -0.3 is 5.32 Å². The molecule has 0 unspecified atom stereocenters. The first-order valence-corrected chi connectivity index (χ1v) is 6.46. The summed E-state index contributed by atoms with van der Waals surface area (Å²) in [5.74, 6) is -0.155. The number of benzene rings is 1. The van der Waals surface area contributed by atoms with E-state index >= 15 is 0 Å². The van der Waals surface area contributed by atoms with Crippen LogP contribution in [0.2, 0.25) is 0 Å². The highest BCUT2D eigenvalue weighted by molar-refractivity contribution is 7.15. The predicted molar refractivity (Wildman–Crippen MR) is 74.8 cm³/mol. The van der Waals surface area contributed by atoms with E-state index in [2.05, 4.69) is 16.9 Å². The third-order valence-electron chi connectivity index (χ3n) is 2.39. The van der Waals surface area contributed by atoms with Crippen LogP contribution in [0.15, 0.2) is 43.0 Å². The highest BCUT2D eigenvalue weighted by atomic mass is 32.1. The maximum absolute atomic E-state index is 12.0. The van der Waals surface area contributed by atoms with E-state index in [9.17, 15) is 4.79 Å². The second kappa shape index (κ2) is 5.60. The van der Waals surface area contributed by atoms with Gasteiger partial charge in [-0.2, -0.15) is 0 Å². The summed E-state index contributed by atoms with van der Waals surface area (Å²) in [5, 5.41) is 3.65. The number of hydrogen-bond acceptors (Lipinski definition) is 3. The second-order valence-corrected chi connectivity index (χ2v) is 4.98. The Morgan fingerprint density at radius 3 is 2.83 bits per heavy atom. The molecule has 18 heavy (non-hydrogen) atoms. The fraction of sp³-hybridized carbons (Fsp3) is 0.143. The number of thiazole rings is 1. The van der Waals surface area contributed by atoms with Gasteiger partial charge in [-0.1, -0.05) is 36.4 Å². The lowest BCUT2D eigenvalue weighted by Gasteiger charge is -2.02. The van der Waals surface area contributed by atoms with Crippen LogP contribution in [0.1, 0.15) is 15.5 Å². The minimum absolute atomic E-state index is 0.155. The van der Waals surface area contributed by atoms with Crippen LogP contribution < -0.4 is 5.32 Å². The first kappa shape index (κ1) is 12.5. The summed E-state index contributed by atoms with van der Waals surface area (Å²) in [6, 6.07) is 9.83. The van der Waals surface area contributed by atoms with Crippen molar-refractivity contribution in [3.63, 3.8) is 0 Å². The Labute approximate surface area is 110 Å². The van der Waals surface area contributed by atoms with E-state index in [1.165, 1.54) is 11.3 Å². The number of aromatic nitrogens is 1. The van der Waals surface area contributed by atoms with Crippen LogP contribution in [0.4, 0.5) is 0 Å². The number of carbonyl (C=O) groups is 1. The Kier molecular flexibility index (Phi) is 3.89. The zero-order valence-electron chi connectivity index (χ0n) is 10.1. The van der Waals surface area contributed by atoms with Gasteiger partial charge in [0.05, 0.1) is 9.88 Å². The molecule has 1 N–H and O–H groups in total. The minimum atomic E-state index is -0.155. The van der Waals surface area contributed by atoms with Crippen molar-refractivity contribution < 1.29 is 4.79 Å². The zero-order chi connectivity index (χ0) is 13.0. The molecule has 1 aromatic carbocycles. The van der Waals surface area contributed by atoms with E-state index in [1.807, 2.05) is 37.3 Å². The average molecular weight is 258 g/mol. The van der Waals surface area contributed by atoms with Crippen molar-refractivity contribution in [1.29, 1.82) is 0 Å². The third kappa shape index (κ3) is 2.65. The molecule has 0 aliphatic heterocycles. The molecule has 0 spiro atoms. The lowest BCUT2D eigenvalue weighted by molar-refractivity contribution is 0.0954. The van der Waals surface area contributed by atoms with Gasteiger partial charge in [-0.3, -0.25) is 4.79 Å². The molecule has 4 heteroatoms. The first-order valence-electron chi connectivity index (χ1n) is 5.64. The fourth-order valence-electron chi connectivity index (χ4n) is 1.61. The van der Waals surface area contributed by atoms with Crippen molar-refractivity contribution in [2.45, 2.75) is 6.92 Å². The molecular weight excluding hydrogens is 244 g/mol. The Morgan fingerprint density at radius 1 is 1.44 bits per heavy atom. The van der Waals surface area contributed by atoms with E-state index < -0.39 is 0 Å². The molecule has 0 saturated carbocycles. The predicted octanol–water partition coefficient (Wildman–Crippen LogP) is 3.03. The Hall–Kier alpha value is -1.94. The lowest BCUT2D eigenvalue weighted by Crippen LogP contribution is -2.24. The Balaban J connectivity index is 2.37. The number of amides is 1. The summed E-state index contributed by atoms with van der Waals surface area (Å²) in [6.07, 6.45) is 1.65. The summed E-state index contributed by atoms with van der Waals surface area (Å²) in [7, 11) is 0. The van der Waals surface area contributed by atoms with Crippen molar-refractivity contribution in [3.05, 3.63) is 53.7 Å². The van der Waals surface area contributed by atoms with Gasteiger partial charge in [-0.15, -0.1) is 17.9 Å². The standard InChI is InChI=1S/C14H14N2OS/c1-3-9-15-14(17)12-13(18-10(2)16-12)11-7-5-4-6-8-11/h3-8H,1,9H2,2H3,(H,15,17). The van der Waals surface area contributed by atoms with Crippen LogP contribution in [0, 0.1) is 6.92 Å². The molecule has 0 saturated heterocycles. The smallest absolute Gasteiger partial charge is 0.271 e. The second-order valence-electron chi connectivity index (χ2n) is 3.78. The Bertz CT molecular complexity index is 560. The van der Waals surface area contributed by atoms with E-state index in [4.69, 9.17) is 0 Å². The molecule has 1 heterocycles. The molecule has 0 aliphatic rings. The number of rotatable bonds is 4. The van der Waals surface area contributed by atoms with E-state index in [-0.39, 0.29) is 5.91 Å². The van der Waals surface area contributed by atoms with Gasteiger partial charge in [0.2, 0.25) is 0 Å². The number of aryl methyl sites for hydroxylation is 1. The van der Waals surface area contributed by atoms with Crippen LogP contribution >= 0.6 is 11.3 Å². The van der Waals surface area contributed by atoms with Gasteiger partial charge in [-0.05, 0) is 12.5 Å². The van der Waals surface area contributed by atoms with Gasteiger partial charge >= 0.3 is 0 Å². The quantitative estimate of drug-likeness (QED) is 0.856. The van der Waals surface area contributed by atoms with Gasteiger partial charge in [0.1, 0.15) is 5.69 Å². The SMILES string of the molecule is C=CCNC(=O)c1nc(C)sc1-c1ccccc1. The number of nitrogens with one attached hydrogen (secondary N) is 1. The Morgan fingerprint density at radius 2 is 2.17 bits per heavy atom. The van der Waals surface area contributed by atoms with Crippen molar-refractivity contribution in [3.8, 4) is 10.4 Å². The summed E-state index contributed by atoms with van der Waals surface area (Å²) in [5.41, 5.74) is 1.51. The molecule has 1 amide bonds. The number of carbonyl (C=O) groups excluding carboxylic acids is 1. The molecular formula is C14H14N2OS. The van der Waals surface area contributed by atoms with Crippen LogP contribution in [-0.4, -0.2) is 17.4 Å². The van der Waals surface area contributed by atoms with Crippen molar-refractivity contribution in [1.82, 2.24) is 10.3 Å². The maximum atomic E-state index is 12.0. The summed E-state index contributed by atoms with van der Waals surface area (Å²) >= 11 is 1.53. The van der Waals surface area contributed by atoms with Crippen LogP contribution in [-0.2, 0) is 0 Å². The van der Waals surface area contributed by atoms with Crippen LogP contribution in [0.25, 0.3) is 10.4 Å². The molecule has 0 bridgehead atoms. The lowest BCUT2D eigenvalue weighted by atomic mass is 10.1. The molecule has 0 fully saturated rings. The normalized spacial score (nSPS) is 10.1. The molecule has 92 valence electrons. The van der Waals surface area contributed by atoms with E-state index in [0.29, 0.717) is 12.2 Å². The van der Waals surface area contributed by atoms with E-state index in [1.54, 1.807) is 6.08 Å². The van der Waals surface area contributed by atoms with Crippen LogP contribution in [0.3, 0.4) is 0 Å². The molecule has 2 rings (SSSR count). The molecule has 3 nitrogen and oxygen atoms in total. The first-order chi connectivity index (χ1) is 8.72. The van der Waals surface area contributed by atoms with Crippen molar-refractivity contribution in [2.24, 2.45) is 0 Å². The molecule has 0 aliphatic carbocycles. The molecule has 2 aromatic rings. The summed E-state index contributed by atoms with van der Waals surface area (Å²) in [6.45, 7) is 5.93. The zero-order valence-corrected chi connectivity index (χ0v) is 11.0. The fourth-order valence-corrected chi connectivity index (χ4v) is 2.54. The van der Waals surface area contributed by atoms with Gasteiger partial charge in [0.25, 0.3) is 5.91 Å². The minimum Gasteiger partial charge on any atom is -0.347 e. The van der Waals surface area contributed by atoms with Gasteiger partial charge in [0.15, 0.2) is 0 Å². The van der Waals surface area contributed by atoms with Gasteiger partial charge in [0, 0.05) is 6.54 Å². The van der Waals surface area contributed by atoms with Gasteiger partial charge in [-0.25, -0.2) is 4.98 Å². The molecule has 0 radical (unpaired) electrons. The topological polar surface area (TPSA) is 42.0 Å². The molecule has 0 atom stereocenters. The van der Waals surface area contributed by atoms with Crippen molar-refractivity contribution >= 4 is 17.2 Å². The maximum Gasteiger partial charge on any atom is 0.271 e. The van der Waals surface area contributed by atoms with Crippen molar-refractivity contribution in [2.75, 3.05) is 6.54 Å². The highest BCUT2D eigenvalue weighted by Gasteiger charge is 2.17. The summed E-state index contributed by atoms with van der Waals surface area (Å²) < 4.78 is 0. The third-order valence-corrected chi connectivity index (χ3v) is 3.41.